The molecule has 112 valence electrons. The van der Waals surface area contributed by atoms with Crippen molar-refractivity contribution < 1.29 is 4.74 Å². The van der Waals surface area contributed by atoms with Crippen LogP contribution in [-0.4, -0.2) is 18.1 Å². The second-order valence-corrected chi connectivity index (χ2v) is 5.23. The molecule has 21 heavy (non-hydrogen) atoms. The summed E-state index contributed by atoms with van der Waals surface area (Å²) in [4.78, 5) is 4.29. The second kappa shape index (κ2) is 8.65. The van der Waals surface area contributed by atoms with E-state index in [0.29, 0.717) is 11.6 Å². The van der Waals surface area contributed by atoms with E-state index in [1.54, 1.807) is 6.20 Å². The summed E-state index contributed by atoms with van der Waals surface area (Å²) in [5.41, 5.74) is 2.12. The molecule has 0 unspecified atom stereocenters. The van der Waals surface area contributed by atoms with Crippen LogP contribution >= 0.6 is 11.6 Å². The smallest absolute Gasteiger partial charge is 0.142 e. The van der Waals surface area contributed by atoms with Crippen LogP contribution in [0.15, 0.2) is 42.6 Å². The first-order chi connectivity index (χ1) is 10.3. The Labute approximate surface area is 131 Å². The van der Waals surface area contributed by atoms with Gasteiger partial charge in [0, 0.05) is 30.4 Å². The van der Waals surface area contributed by atoms with Gasteiger partial charge in [-0.3, -0.25) is 4.98 Å². The van der Waals surface area contributed by atoms with Crippen molar-refractivity contribution in [2.45, 2.75) is 26.3 Å². The number of aromatic nitrogens is 1. The number of nitrogens with one attached hydrogen (secondary N) is 1. The number of hydrogen-bond donors (Lipinski definition) is 1. The predicted molar refractivity (Wildman–Crippen MR) is 86.9 cm³/mol. The van der Waals surface area contributed by atoms with E-state index in [4.69, 9.17) is 16.3 Å². The van der Waals surface area contributed by atoms with Gasteiger partial charge in [0.05, 0.1) is 11.6 Å². The van der Waals surface area contributed by atoms with Gasteiger partial charge in [-0.25, -0.2) is 0 Å². The number of halogens is 1. The van der Waals surface area contributed by atoms with Crippen LogP contribution in [0.3, 0.4) is 0 Å². The van der Waals surface area contributed by atoms with Crippen LogP contribution in [-0.2, 0) is 13.0 Å². The second-order valence-electron chi connectivity index (χ2n) is 4.82. The van der Waals surface area contributed by atoms with Gasteiger partial charge in [-0.05, 0) is 31.2 Å². The predicted octanol–water partition coefficient (Wildman–Crippen LogP) is 3.86. The van der Waals surface area contributed by atoms with E-state index < -0.39 is 0 Å². The highest BCUT2D eigenvalue weighted by atomic mass is 35.5. The third-order valence-electron chi connectivity index (χ3n) is 3.12. The van der Waals surface area contributed by atoms with E-state index in [0.717, 1.165) is 42.9 Å². The highest BCUT2D eigenvalue weighted by Gasteiger charge is 2.08. The minimum atomic E-state index is 0.571. The van der Waals surface area contributed by atoms with Crippen LogP contribution < -0.4 is 10.1 Å². The lowest BCUT2D eigenvalue weighted by atomic mass is 10.2. The lowest BCUT2D eigenvalue weighted by Gasteiger charge is -2.13. The average molecular weight is 305 g/mol. The molecule has 0 saturated heterocycles. The van der Waals surface area contributed by atoms with Crippen LogP contribution in [0.1, 0.15) is 24.6 Å². The van der Waals surface area contributed by atoms with Crippen LogP contribution in [0.2, 0.25) is 5.02 Å². The Bertz CT molecular complexity index is 546. The number of ether oxygens (including phenoxy) is 1. The molecule has 0 fully saturated rings. The van der Waals surface area contributed by atoms with Crippen LogP contribution in [0.25, 0.3) is 0 Å². The molecule has 0 aliphatic heterocycles. The monoisotopic (exact) mass is 304 g/mol. The van der Waals surface area contributed by atoms with Gasteiger partial charge in [-0.2, -0.15) is 0 Å². The normalized spacial score (nSPS) is 10.6. The van der Waals surface area contributed by atoms with Crippen molar-refractivity contribution in [2.75, 3.05) is 13.2 Å². The molecule has 0 spiro atoms. The highest BCUT2D eigenvalue weighted by Crippen LogP contribution is 2.28. The van der Waals surface area contributed by atoms with Gasteiger partial charge in [-0.1, -0.05) is 36.7 Å². The summed E-state index contributed by atoms with van der Waals surface area (Å²) in [5.74, 6) is 0.777. The van der Waals surface area contributed by atoms with Crippen molar-refractivity contribution in [3.05, 3.63) is 58.9 Å². The van der Waals surface area contributed by atoms with E-state index >= 15 is 0 Å². The summed E-state index contributed by atoms with van der Waals surface area (Å²) in [6.07, 6.45) is 3.68. The van der Waals surface area contributed by atoms with Crippen LogP contribution in [0, 0.1) is 0 Å². The molecule has 1 heterocycles. The standard InChI is InChI=1S/C17H21ClN2O/c1-2-10-19-13-14-6-5-8-16(18)17(14)21-12-9-15-7-3-4-11-20-15/h3-8,11,19H,2,9-10,12-13H2,1H3. The molecule has 4 heteroatoms. The Balaban J connectivity index is 1.94. The van der Waals surface area contributed by atoms with Gasteiger partial charge >= 0.3 is 0 Å². The average Bonchev–Trinajstić information content (AvgIpc) is 2.51. The van der Waals surface area contributed by atoms with E-state index in [2.05, 4.69) is 17.2 Å². The van der Waals surface area contributed by atoms with Crippen molar-refractivity contribution in [1.29, 1.82) is 0 Å². The first-order valence-electron chi connectivity index (χ1n) is 7.32. The van der Waals surface area contributed by atoms with E-state index in [1.807, 2.05) is 36.4 Å². The highest BCUT2D eigenvalue weighted by molar-refractivity contribution is 6.32. The first-order valence-corrected chi connectivity index (χ1v) is 7.70. The molecule has 0 amide bonds. The Hall–Kier alpha value is -1.58. The van der Waals surface area contributed by atoms with Gasteiger partial charge in [0.1, 0.15) is 5.75 Å². The topological polar surface area (TPSA) is 34.1 Å². The minimum Gasteiger partial charge on any atom is -0.491 e. The SMILES string of the molecule is CCCNCc1cccc(Cl)c1OCCc1ccccn1. The molecule has 1 aromatic carbocycles. The molecule has 0 aliphatic rings. The van der Waals surface area contributed by atoms with Crippen molar-refractivity contribution in [3.8, 4) is 5.75 Å². The minimum absolute atomic E-state index is 0.571. The Morgan fingerprint density at radius 3 is 2.86 bits per heavy atom. The van der Waals surface area contributed by atoms with E-state index in [9.17, 15) is 0 Å². The number of hydrogen-bond acceptors (Lipinski definition) is 3. The summed E-state index contributed by atoms with van der Waals surface area (Å²) >= 11 is 6.26. The van der Waals surface area contributed by atoms with E-state index in [-0.39, 0.29) is 0 Å². The first kappa shape index (κ1) is 15.8. The van der Waals surface area contributed by atoms with Gasteiger partial charge in [-0.15, -0.1) is 0 Å². The Kier molecular flexibility index (Phi) is 6.51. The number of rotatable bonds is 8. The zero-order valence-corrected chi connectivity index (χ0v) is 13.1. The van der Waals surface area contributed by atoms with Crippen molar-refractivity contribution in [3.63, 3.8) is 0 Å². The molecule has 0 atom stereocenters. The number of benzene rings is 1. The van der Waals surface area contributed by atoms with Gasteiger partial charge in [0.2, 0.25) is 0 Å². The third kappa shape index (κ3) is 5.03. The Morgan fingerprint density at radius 2 is 2.10 bits per heavy atom. The molecule has 2 rings (SSSR count). The molecule has 1 N–H and O–H groups in total. The zero-order valence-electron chi connectivity index (χ0n) is 12.3. The maximum Gasteiger partial charge on any atom is 0.142 e. The summed E-state index contributed by atoms with van der Waals surface area (Å²) in [6, 6.07) is 11.8. The maximum atomic E-state index is 6.26. The van der Waals surface area contributed by atoms with Crippen molar-refractivity contribution in [1.82, 2.24) is 10.3 Å². The largest absolute Gasteiger partial charge is 0.491 e. The quantitative estimate of drug-likeness (QED) is 0.752. The lowest BCUT2D eigenvalue weighted by Crippen LogP contribution is -2.15. The molecule has 0 radical (unpaired) electrons. The molecule has 2 aromatic rings. The summed E-state index contributed by atoms with van der Waals surface area (Å²) < 4.78 is 5.89. The summed E-state index contributed by atoms with van der Waals surface area (Å²) in [5, 5.41) is 4.04. The molecule has 3 nitrogen and oxygen atoms in total. The Morgan fingerprint density at radius 1 is 1.19 bits per heavy atom. The third-order valence-corrected chi connectivity index (χ3v) is 3.42. The molecule has 0 bridgehead atoms. The van der Waals surface area contributed by atoms with E-state index in [1.165, 1.54) is 0 Å². The van der Waals surface area contributed by atoms with Crippen LogP contribution in [0.4, 0.5) is 0 Å². The molecule has 0 saturated carbocycles. The van der Waals surface area contributed by atoms with Crippen molar-refractivity contribution >= 4 is 11.6 Å². The van der Waals surface area contributed by atoms with Crippen molar-refractivity contribution in [2.24, 2.45) is 0 Å². The maximum absolute atomic E-state index is 6.26. The number of pyridine rings is 1. The lowest BCUT2D eigenvalue weighted by molar-refractivity contribution is 0.316. The zero-order chi connectivity index (χ0) is 14.9. The summed E-state index contributed by atoms with van der Waals surface area (Å²) in [7, 11) is 0. The number of nitrogens with zero attached hydrogens (tertiary/aromatic N) is 1. The molecular weight excluding hydrogens is 284 g/mol. The fourth-order valence-electron chi connectivity index (χ4n) is 2.06. The van der Waals surface area contributed by atoms with Crippen LogP contribution in [0.5, 0.6) is 5.75 Å². The fraction of sp³-hybridized carbons (Fsp3) is 0.353. The molecule has 1 aromatic heterocycles. The fourth-order valence-corrected chi connectivity index (χ4v) is 2.31. The van der Waals surface area contributed by atoms with Gasteiger partial charge in [0.25, 0.3) is 0 Å². The molecular formula is C17H21ClN2O. The van der Waals surface area contributed by atoms with Gasteiger partial charge < -0.3 is 10.1 Å². The van der Waals surface area contributed by atoms with Gasteiger partial charge in [0.15, 0.2) is 0 Å². The number of para-hydroxylation sites is 1. The summed E-state index contributed by atoms with van der Waals surface area (Å²) in [6.45, 7) is 4.48. The molecule has 0 aliphatic carbocycles.